The van der Waals surface area contributed by atoms with Crippen LogP contribution in [0.1, 0.15) is 155 Å². The van der Waals surface area contributed by atoms with Crippen molar-refractivity contribution in [1.29, 1.82) is 0 Å². The average Bonchev–Trinajstić information content (AvgIpc) is 3.48. The van der Waals surface area contributed by atoms with Crippen molar-refractivity contribution in [3.63, 3.8) is 0 Å². The third kappa shape index (κ3) is 7.18. The summed E-state index contributed by atoms with van der Waals surface area (Å²) < 4.78 is 0. The summed E-state index contributed by atoms with van der Waals surface area (Å²) in [4.78, 5) is 5.41. The van der Waals surface area contributed by atoms with Crippen LogP contribution < -0.4 is 26.2 Å². The van der Waals surface area contributed by atoms with Crippen molar-refractivity contribution in [3.8, 4) is 22.3 Å². The Balaban J connectivity index is 1.31. The van der Waals surface area contributed by atoms with Gasteiger partial charge in [0, 0.05) is 34.0 Å². The van der Waals surface area contributed by atoms with Crippen LogP contribution in [0.25, 0.3) is 22.3 Å². The molecule has 0 aromatic heterocycles. The van der Waals surface area contributed by atoms with E-state index in [1.807, 2.05) is 0 Å². The van der Waals surface area contributed by atoms with Crippen molar-refractivity contribution in [1.82, 2.24) is 0 Å². The van der Waals surface area contributed by atoms with E-state index in [4.69, 9.17) is 0 Å². The SMILES string of the molecule is Cc1cc2c(cc1N1c3ccc(-c4ccccc4)cc3B3c4cc5c(cc4N(c4ccc(C(C)(C)C)cc4-c4ccccc4)c4cc(C(C)(C)C)cc1c43)C(C)(C)CC5(C)C)C(C)(C)CCC2(C)C. The first-order valence-electron chi connectivity index (χ1n) is 25.9. The fraction of sp³-hybridized carbons (Fsp3) is 0.364. The van der Waals surface area contributed by atoms with Crippen LogP contribution in [0.5, 0.6) is 0 Å². The molecule has 7 aromatic rings. The molecule has 2 heterocycles. The first kappa shape index (κ1) is 45.6. The first-order valence-corrected chi connectivity index (χ1v) is 25.9. The van der Waals surface area contributed by atoms with Gasteiger partial charge in [0.25, 0.3) is 6.71 Å². The molecular weight excluding hydrogens is 832 g/mol. The van der Waals surface area contributed by atoms with Crippen molar-refractivity contribution in [2.75, 3.05) is 9.80 Å². The highest BCUT2D eigenvalue weighted by Crippen LogP contribution is 2.55. The topological polar surface area (TPSA) is 6.48 Å². The highest BCUT2D eigenvalue weighted by atomic mass is 15.2. The summed E-state index contributed by atoms with van der Waals surface area (Å²) >= 11 is 0. The number of benzene rings is 7. The Labute approximate surface area is 415 Å². The summed E-state index contributed by atoms with van der Waals surface area (Å²) in [6, 6.07) is 52.6. The quantitative estimate of drug-likeness (QED) is 0.162. The lowest BCUT2D eigenvalue weighted by Crippen LogP contribution is -2.61. The largest absolute Gasteiger partial charge is 0.311 e. The summed E-state index contributed by atoms with van der Waals surface area (Å²) in [5.41, 5.74) is 26.8. The lowest BCUT2D eigenvalue weighted by molar-refractivity contribution is 0.332. The van der Waals surface area contributed by atoms with Gasteiger partial charge in [-0.3, -0.25) is 0 Å². The fourth-order valence-corrected chi connectivity index (χ4v) is 13.2. The molecular formula is C66H73BN2. The second-order valence-electron chi connectivity index (χ2n) is 26.1. The monoisotopic (exact) mass is 905 g/mol. The molecule has 3 heteroatoms. The Bertz CT molecular complexity index is 3230. The predicted octanol–water partition coefficient (Wildman–Crippen LogP) is 16.3. The van der Waals surface area contributed by atoms with Crippen LogP contribution in [0.3, 0.4) is 0 Å². The summed E-state index contributed by atoms with van der Waals surface area (Å²) in [7, 11) is 0. The molecule has 350 valence electrons. The third-order valence-electron chi connectivity index (χ3n) is 17.1. The third-order valence-corrected chi connectivity index (χ3v) is 17.1. The number of fused-ring (bicyclic) bond motifs is 6. The van der Waals surface area contributed by atoms with E-state index in [1.54, 1.807) is 0 Å². The highest BCUT2D eigenvalue weighted by Gasteiger charge is 2.49. The van der Waals surface area contributed by atoms with E-state index in [-0.39, 0.29) is 39.2 Å². The molecule has 0 amide bonds. The zero-order valence-electron chi connectivity index (χ0n) is 44.3. The minimum Gasteiger partial charge on any atom is -0.311 e. The van der Waals surface area contributed by atoms with Crippen LogP contribution in [0.15, 0.2) is 133 Å². The van der Waals surface area contributed by atoms with Crippen molar-refractivity contribution >= 4 is 57.2 Å². The molecule has 0 bridgehead atoms. The Hall–Kier alpha value is -5.80. The summed E-state index contributed by atoms with van der Waals surface area (Å²) in [6.07, 6.45) is 3.47. The van der Waals surface area contributed by atoms with Crippen LogP contribution in [0.2, 0.25) is 0 Å². The molecule has 2 aliphatic heterocycles. The maximum Gasteiger partial charge on any atom is 0.252 e. The van der Waals surface area contributed by atoms with E-state index in [9.17, 15) is 0 Å². The molecule has 0 atom stereocenters. The number of anilines is 6. The maximum atomic E-state index is 2.71. The number of aryl methyl sites for hydroxylation is 1. The molecule has 0 fully saturated rings. The zero-order valence-corrected chi connectivity index (χ0v) is 44.3. The predicted molar refractivity (Wildman–Crippen MR) is 299 cm³/mol. The van der Waals surface area contributed by atoms with Crippen LogP contribution in [0, 0.1) is 6.92 Å². The first-order chi connectivity index (χ1) is 32.4. The van der Waals surface area contributed by atoms with E-state index in [1.165, 1.54) is 125 Å². The van der Waals surface area contributed by atoms with Gasteiger partial charge in [0.2, 0.25) is 0 Å². The minimum atomic E-state index is -0.130. The average molecular weight is 905 g/mol. The Morgan fingerprint density at radius 3 is 1.49 bits per heavy atom. The fourth-order valence-electron chi connectivity index (χ4n) is 13.2. The van der Waals surface area contributed by atoms with Gasteiger partial charge in [-0.25, -0.2) is 0 Å². The summed E-state index contributed by atoms with van der Waals surface area (Å²) in [6.45, 7) is 36.3. The Morgan fingerprint density at radius 2 is 0.899 bits per heavy atom. The van der Waals surface area contributed by atoms with Crippen LogP contribution >= 0.6 is 0 Å². The van der Waals surface area contributed by atoms with Gasteiger partial charge < -0.3 is 9.80 Å². The molecule has 69 heavy (non-hydrogen) atoms. The molecule has 0 N–H and O–H groups in total. The van der Waals surface area contributed by atoms with E-state index in [2.05, 4.69) is 247 Å². The zero-order chi connectivity index (χ0) is 49.0. The van der Waals surface area contributed by atoms with E-state index in [0.717, 1.165) is 6.42 Å². The molecule has 0 radical (unpaired) electrons. The lowest BCUT2D eigenvalue weighted by atomic mass is 9.33. The van der Waals surface area contributed by atoms with Gasteiger partial charge in [-0.15, -0.1) is 0 Å². The number of hydrogen-bond acceptors (Lipinski definition) is 2. The molecule has 2 aliphatic carbocycles. The van der Waals surface area contributed by atoms with Gasteiger partial charge in [0.1, 0.15) is 0 Å². The molecule has 0 spiro atoms. The molecule has 11 rings (SSSR count). The smallest absolute Gasteiger partial charge is 0.252 e. The Morgan fingerprint density at radius 1 is 0.406 bits per heavy atom. The maximum absolute atomic E-state index is 2.71. The standard InChI is InChI=1S/C66H73BN2/c1-41-32-48-50(64(10,11)31-30-63(48,8)9)38-56(41)69-55-28-26-44(42-22-18-16-19-23-42)33-52(55)67-53-37-49-51(66(14,15)40-65(49,12)13)39-57(53)68(58-35-46(62(5,6)7)36-59(69)60(58)67)54-29-27-45(61(2,3)4)34-47(54)43-24-20-17-21-25-43/h16-29,32-39H,30-31,40H2,1-15H3. The second kappa shape index (κ2) is 15.1. The van der Waals surface area contributed by atoms with Gasteiger partial charge >= 0.3 is 0 Å². The molecule has 0 saturated heterocycles. The van der Waals surface area contributed by atoms with Crippen molar-refractivity contribution in [2.24, 2.45) is 0 Å². The molecule has 7 aromatic carbocycles. The summed E-state index contributed by atoms with van der Waals surface area (Å²) in [5, 5.41) is 0. The molecule has 0 saturated carbocycles. The van der Waals surface area contributed by atoms with Crippen molar-refractivity contribution in [3.05, 3.63) is 172 Å². The van der Waals surface area contributed by atoms with Gasteiger partial charge in [-0.05, 0) is 173 Å². The van der Waals surface area contributed by atoms with Crippen LogP contribution in [-0.2, 0) is 32.5 Å². The molecule has 2 nitrogen and oxygen atoms in total. The summed E-state index contributed by atoms with van der Waals surface area (Å²) in [5.74, 6) is 0. The highest BCUT2D eigenvalue weighted by molar-refractivity contribution is 7.00. The number of rotatable bonds is 4. The molecule has 4 aliphatic rings. The Kier molecular flexibility index (Phi) is 9.99. The van der Waals surface area contributed by atoms with E-state index >= 15 is 0 Å². The van der Waals surface area contributed by atoms with Crippen LogP contribution in [0.4, 0.5) is 34.1 Å². The number of nitrogens with zero attached hydrogens (tertiary/aromatic N) is 2. The lowest BCUT2D eigenvalue weighted by Gasteiger charge is -2.47. The van der Waals surface area contributed by atoms with Crippen molar-refractivity contribution < 1.29 is 0 Å². The normalized spacial score (nSPS) is 18.0. The van der Waals surface area contributed by atoms with Gasteiger partial charge in [0.15, 0.2) is 0 Å². The second-order valence-corrected chi connectivity index (χ2v) is 26.1. The van der Waals surface area contributed by atoms with E-state index < -0.39 is 0 Å². The molecule has 0 unspecified atom stereocenters. The van der Waals surface area contributed by atoms with E-state index in [0.29, 0.717) is 0 Å². The van der Waals surface area contributed by atoms with Gasteiger partial charge in [-0.2, -0.15) is 0 Å². The van der Waals surface area contributed by atoms with Crippen LogP contribution in [-0.4, -0.2) is 6.71 Å². The van der Waals surface area contributed by atoms with Gasteiger partial charge in [-0.1, -0.05) is 188 Å². The van der Waals surface area contributed by atoms with Crippen molar-refractivity contribution in [2.45, 2.75) is 156 Å². The van der Waals surface area contributed by atoms with Gasteiger partial charge in [0.05, 0.1) is 5.69 Å². The number of hydrogen-bond donors (Lipinski definition) is 0. The minimum absolute atomic E-state index is 0.00248.